The van der Waals surface area contributed by atoms with Crippen molar-refractivity contribution in [2.45, 2.75) is 6.92 Å². The third-order valence-electron chi connectivity index (χ3n) is 0.264. The Morgan fingerprint density at radius 3 is 2.60 bits per heavy atom. The Balaban J connectivity index is 2.62. The van der Waals surface area contributed by atoms with Crippen molar-refractivity contribution in [1.29, 1.82) is 0 Å². The van der Waals surface area contributed by atoms with Gasteiger partial charge in [0.05, 0.1) is 0 Å². The minimum absolute atomic E-state index is 0.0868. The molecule has 0 aliphatic rings. The molecule has 1 N–H and O–H groups in total. The van der Waals surface area contributed by atoms with E-state index in [1.165, 1.54) is 0 Å². The monoisotopic (exact) mass is 71.1 g/mol. The summed E-state index contributed by atoms with van der Waals surface area (Å²) in [5.41, 5.74) is 0. The maximum atomic E-state index is 7.87. The third kappa shape index (κ3) is 3.69. The van der Waals surface area contributed by atoms with E-state index in [-0.39, 0.29) is 7.62 Å². The van der Waals surface area contributed by atoms with Crippen LogP contribution in [0.5, 0.6) is 0 Å². The molecule has 0 aliphatic heterocycles. The van der Waals surface area contributed by atoms with E-state index in [0.717, 1.165) is 0 Å². The fourth-order valence-corrected chi connectivity index (χ4v) is 0.0816. The highest BCUT2D eigenvalue weighted by atomic mass is 16.2. The summed E-state index contributed by atoms with van der Waals surface area (Å²) < 4.78 is 0. The molecule has 0 amide bonds. The van der Waals surface area contributed by atoms with Gasteiger partial charge in [-0.25, -0.2) is 0 Å². The van der Waals surface area contributed by atoms with Gasteiger partial charge < -0.3 is 9.93 Å². The first kappa shape index (κ1) is 4.69. The molecule has 0 aromatic rings. The number of nitrogens with zero attached hydrogens (tertiary/aromatic N) is 1. The van der Waals surface area contributed by atoms with Gasteiger partial charge in [-0.15, -0.1) is 0 Å². The van der Waals surface area contributed by atoms with Gasteiger partial charge in [-0.2, -0.15) is 0 Å². The molecule has 0 rings (SSSR count). The van der Waals surface area contributed by atoms with Crippen LogP contribution in [0.25, 0.3) is 0 Å². The van der Waals surface area contributed by atoms with E-state index in [0.29, 0.717) is 0 Å². The minimum Gasteiger partial charge on any atom is -0.434 e. The Morgan fingerprint density at radius 2 is 2.60 bits per heavy atom. The van der Waals surface area contributed by atoms with Crippen LogP contribution in [-0.2, 0) is 0 Å². The molecule has 2 nitrogen and oxygen atoms in total. The second kappa shape index (κ2) is 3.69. The highest BCUT2D eigenvalue weighted by Crippen LogP contribution is 1.47. The van der Waals surface area contributed by atoms with E-state index in [9.17, 15) is 0 Å². The molecule has 0 fully saturated rings. The van der Waals surface area contributed by atoms with Crippen molar-refractivity contribution in [2.75, 3.05) is 0 Å². The molecule has 0 radical (unpaired) electrons. The number of hydrogen-bond acceptors (Lipinski definition) is 2. The Morgan fingerprint density at radius 1 is 2.00 bits per heavy atom. The average Bonchev–Trinajstić information content (AvgIpc) is 1.41. The summed E-state index contributed by atoms with van der Waals surface area (Å²) in [5, 5.41) is 7.87. The zero-order valence-corrected chi connectivity index (χ0v) is 3.18. The lowest BCUT2D eigenvalue weighted by Crippen LogP contribution is -1.76. The molecule has 0 atom stereocenters. The fraction of sp³-hybridized carbons (Fsp3) is 0.500. The minimum atomic E-state index is -0.0868. The summed E-state index contributed by atoms with van der Waals surface area (Å²) in [6.45, 7) is 1.76. The van der Waals surface area contributed by atoms with Crippen LogP contribution < -0.4 is 0 Å². The molecule has 0 saturated carbocycles. The second-order valence-electron chi connectivity index (χ2n) is 0.582. The van der Waals surface area contributed by atoms with Gasteiger partial charge in [-0.05, 0) is 13.1 Å². The van der Waals surface area contributed by atoms with E-state index in [4.69, 9.17) is 5.02 Å². The predicted molar refractivity (Wildman–Crippen MR) is 23.5 cm³/mol. The largest absolute Gasteiger partial charge is 0.434 e. The number of rotatable bonds is 1. The normalized spacial score (nSPS) is 9.20. The smallest absolute Gasteiger partial charge is 0.412 e. The quantitative estimate of drug-likeness (QED) is 0.323. The molecule has 0 aromatic carbocycles. The maximum absolute atomic E-state index is 7.87. The van der Waals surface area contributed by atoms with Crippen molar-refractivity contribution in [3.05, 3.63) is 0 Å². The molecular formula is C2H6BNO. The van der Waals surface area contributed by atoms with Crippen molar-refractivity contribution in [1.82, 2.24) is 0 Å². The Labute approximate surface area is 31.8 Å². The van der Waals surface area contributed by atoms with Crippen molar-refractivity contribution >= 4 is 13.8 Å². The van der Waals surface area contributed by atoms with Gasteiger partial charge in [0.15, 0.2) is 0 Å². The predicted octanol–water partition coefficient (Wildman–Crippen LogP) is -0.664. The zero-order chi connectivity index (χ0) is 4.12. The summed E-state index contributed by atoms with van der Waals surface area (Å²) in [6, 6.07) is 0. The van der Waals surface area contributed by atoms with Gasteiger partial charge in [-0.1, -0.05) is 0 Å². The summed E-state index contributed by atoms with van der Waals surface area (Å²) in [4.78, 5) is 3.40. The molecule has 0 spiro atoms. The van der Waals surface area contributed by atoms with Crippen LogP contribution in [0.15, 0.2) is 4.90 Å². The van der Waals surface area contributed by atoms with Crippen LogP contribution in [0.1, 0.15) is 6.92 Å². The van der Waals surface area contributed by atoms with Crippen molar-refractivity contribution in [3.8, 4) is 0 Å². The average molecular weight is 70.9 g/mol. The SMILES string of the molecule is C/C=N/BO. The van der Waals surface area contributed by atoms with Crippen LogP contribution in [0.3, 0.4) is 0 Å². The molecule has 3 heteroatoms. The highest BCUT2D eigenvalue weighted by Gasteiger charge is 1.60. The molecule has 0 bridgehead atoms. The third-order valence-corrected chi connectivity index (χ3v) is 0.264. The van der Waals surface area contributed by atoms with Crippen molar-refractivity contribution in [2.24, 2.45) is 4.90 Å². The van der Waals surface area contributed by atoms with Crippen LogP contribution >= 0.6 is 0 Å². The van der Waals surface area contributed by atoms with Crippen LogP contribution in [0, 0.1) is 0 Å². The first-order valence-electron chi connectivity index (χ1n) is 1.47. The molecule has 28 valence electrons. The van der Waals surface area contributed by atoms with Gasteiger partial charge in [0, 0.05) is 0 Å². The standard InChI is InChI=1S/C2H6BNO/c1-2-4-3-5/h2-3,5H,1H3/b4-2+. The highest BCUT2D eigenvalue weighted by molar-refractivity contribution is 6.24. The van der Waals surface area contributed by atoms with Gasteiger partial charge in [0.25, 0.3) is 0 Å². The molecular weight excluding hydrogens is 64.8 g/mol. The first-order chi connectivity index (χ1) is 2.41. The lowest BCUT2D eigenvalue weighted by Gasteiger charge is -1.64. The van der Waals surface area contributed by atoms with Gasteiger partial charge in [0.2, 0.25) is 0 Å². The van der Waals surface area contributed by atoms with Crippen LogP contribution in [0.4, 0.5) is 0 Å². The second-order valence-corrected chi connectivity index (χ2v) is 0.582. The van der Waals surface area contributed by atoms with Crippen molar-refractivity contribution in [3.63, 3.8) is 0 Å². The van der Waals surface area contributed by atoms with E-state index < -0.39 is 0 Å². The maximum Gasteiger partial charge on any atom is 0.412 e. The molecule has 0 aromatic heterocycles. The van der Waals surface area contributed by atoms with E-state index >= 15 is 0 Å². The fourth-order valence-electron chi connectivity index (χ4n) is 0.0816. The van der Waals surface area contributed by atoms with Crippen LogP contribution in [0.2, 0.25) is 0 Å². The Hall–Kier alpha value is -0.305. The van der Waals surface area contributed by atoms with Gasteiger partial charge in [0.1, 0.15) is 0 Å². The lowest BCUT2D eigenvalue weighted by atomic mass is 10.3. The Kier molecular flexibility index (Phi) is 3.47. The Bertz CT molecular complexity index is 36.6. The molecule has 0 saturated heterocycles. The van der Waals surface area contributed by atoms with E-state index in [1.807, 2.05) is 0 Å². The summed E-state index contributed by atoms with van der Waals surface area (Å²) in [6.07, 6.45) is 1.56. The topological polar surface area (TPSA) is 32.6 Å². The zero-order valence-electron chi connectivity index (χ0n) is 3.18. The lowest BCUT2D eigenvalue weighted by molar-refractivity contribution is 0.605. The first-order valence-corrected chi connectivity index (χ1v) is 1.47. The molecule has 0 aliphatic carbocycles. The molecule has 0 heterocycles. The van der Waals surface area contributed by atoms with Gasteiger partial charge >= 0.3 is 7.62 Å². The number of hydrogen-bond donors (Lipinski definition) is 1. The molecule has 0 unspecified atom stereocenters. The van der Waals surface area contributed by atoms with Crippen LogP contribution in [-0.4, -0.2) is 18.9 Å². The molecule has 5 heavy (non-hydrogen) atoms. The van der Waals surface area contributed by atoms with E-state index in [1.54, 1.807) is 13.1 Å². The van der Waals surface area contributed by atoms with Crippen molar-refractivity contribution < 1.29 is 5.02 Å². The van der Waals surface area contributed by atoms with E-state index in [2.05, 4.69) is 4.90 Å². The van der Waals surface area contributed by atoms with Gasteiger partial charge in [-0.3, -0.25) is 0 Å². The summed E-state index contributed by atoms with van der Waals surface area (Å²) in [5.74, 6) is 0. The summed E-state index contributed by atoms with van der Waals surface area (Å²) >= 11 is 0. The summed E-state index contributed by atoms with van der Waals surface area (Å²) in [7, 11) is -0.0868.